The lowest BCUT2D eigenvalue weighted by atomic mass is 9.98. The molecule has 0 spiro atoms. The zero-order chi connectivity index (χ0) is 13.1. The molecule has 4 heteroatoms. The highest BCUT2D eigenvalue weighted by atomic mass is 79.9. The summed E-state index contributed by atoms with van der Waals surface area (Å²) in [5.41, 5.74) is 8.11. The number of carbonyl (C=O) groups is 1. The van der Waals surface area contributed by atoms with Gasteiger partial charge in [-0.05, 0) is 35.4 Å². The summed E-state index contributed by atoms with van der Waals surface area (Å²) in [6.45, 7) is 0. The molecule has 3 nitrogen and oxygen atoms in total. The SMILES string of the molecule is NC(c1ccc(Br)cc1)c1cccc(C(=O)O)c1. The van der Waals surface area contributed by atoms with Gasteiger partial charge in [-0.15, -0.1) is 0 Å². The predicted octanol–water partition coefficient (Wildman–Crippen LogP) is 3.20. The molecule has 0 saturated heterocycles. The molecule has 92 valence electrons. The normalized spacial score (nSPS) is 12.1. The van der Waals surface area contributed by atoms with Gasteiger partial charge in [0.05, 0.1) is 11.6 Å². The molecular formula is C14H12BrNO2. The maximum Gasteiger partial charge on any atom is 0.335 e. The number of hydrogen-bond donors (Lipinski definition) is 2. The molecule has 3 N–H and O–H groups in total. The number of benzene rings is 2. The van der Waals surface area contributed by atoms with Crippen LogP contribution in [0.4, 0.5) is 0 Å². The van der Waals surface area contributed by atoms with Gasteiger partial charge in [-0.3, -0.25) is 0 Å². The van der Waals surface area contributed by atoms with Gasteiger partial charge < -0.3 is 10.8 Å². The van der Waals surface area contributed by atoms with Gasteiger partial charge in [0.25, 0.3) is 0 Å². The fourth-order valence-corrected chi connectivity index (χ4v) is 1.99. The zero-order valence-electron chi connectivity index (χ0n) is 9.51. The van der Waals surface area contributed by atoms with E-state index in [9.17, 15) is 4.79 Å². The van der Waals surface area contributed by atoms with Gasteiger partial charge in [0.15, 0.2) is 0 Å². The van der Waals surface area contributed by atoms with E-state index in [4.69, 9.17) is 10.8 Å². The molecule has 2 aromatic rings. The van der Waals surface area contributed by atoms with Crippen LogP contribution in [0.5, 0.6) is 0 Å². The fourth-order valence-electron chi connectivity index (χ4n) is 1.73. The molecule has 0 amide bonds. The number of rotatable bonds is 3. The van der Waals surface area contributed by atoms with Gasteiger partial charge in [0.1, 0.15) is 0 Å². The Hall–Kier alpha value is -1.65. The Kier molecular flexibility index (Phi) is 3.79. The maximum atomic E-state index is 10.9. The summed E-state index contributed by atoms with van der Waals surface area (Å²) in [4.78, 5) is 10.9. The first-order chi connectivity index (χ1) is 8.58. The van der Waals surface area contributed by atoms with Gasteiger partial charge in [-0.1, -0.05) is 40.2 Å². The molecule has 0 radical (unpaired) electrons. The van der Waals surface area contributed by atoms with Gasteiger partial charge in [0, 0.05) is 4.47 Å². The minimum atomic E-state index is -0.945. The third-order valence-corrected chi connectivity index (χ3v) is 3.25. The third kappa shape index (κ3) is 2.78. The van der Waals surface area contributed by atoms with Crippen LogP contribution in [0.1, 0.15) is 27.5 Å². The van der Waals surface area contributed by atoms with Crippen molar-refractivity contribution in [1.82, 2.24) is 0 Å². The van der Waals surface area contributed by atoms with Crippen LogP contribution in [0.3, 0.4) is 0 Å². The van der Waals surface area contributed by atoms with E-state index in [0.717, 1.165) is 15.6 Å². The first kappa shape index (κ1) is 12.8. The molecular weight excluding hydrogens is 294 g/mol. The van der Waals surface area contributed by atoms with Crippen LogP contribution in [-0.4, -0.2) is 11.1 Å². The third-order valence-electron chi connectivity index (χ3n) is 2.72. The van der Waals surface area contributed by atoms with Crippen LogP contribution in [0, 0.1) is 0 Å². The predicted molar refractivity (Wildman–Crippen MR) is 73.6 cm³/mol. The Morgan fingerprint density at radius 1 is 1.11 bits per heavy atom. The molecule has 18 heavy (non-hydrogen) atoms. The van der Waals surface area contributed by atoms with Crippen molar-refractivity contribution >= 4 is 21.9 Å². The highest BCUT2D eigenvalue weighted by Crippen LogP contribution is 2.22. The van der Waals surface area contributed by atoms with E-state index in [1.165, 1.54) is 0 Å². The van der Waals surface area contributed by atoms with Crippen LogP contribution in [-0.2, 0) is 0 Å². The second kappa shape index (κ2) is 5.33. The standard InChI is InChI=1S/C14H12BrNO2/c15-12-6-4-9(5-7-12)13(16)10-2-1-3-11(8-10)14(17)18/h1-8,13H,16H2,(H,17,18). The lowest BCUT2D eigenvalue weighted by molar-refractivity contribution is 0.0697. The number of nitrogens with two attached hydrogens (primary N) is 1. The topological polar surface area (TPSA) is 63.3 Å². The Balaban J connectivity index is 2.33. The van der Waals surface area contributed by atoms with Crippen molar-refractivity contribution in [2.45, 2.75) is 6.04 Å². The fraction of sp³-hybridized carbons (Fsp3) is 0.0714. The van der Waals surface area contributed by atoms with Gasteiger partial charge >= 0.3 is 5.97 Å². The molecule has 2 rings (SSSR count). The minimum absolute atomic E-state index is 0.250. The molecule has 0 aliphatic carbocycles. The molecule has 0 bridgehead atoms. The maximum absolute atomic E-state index is 10.9. The molecule has 1 atom stereocenters. The average Bonchev–Trinajstić information content (AvgIpc) is 2.39. The Morgan fingerprint density at radius 3 is 2.39 bits per heavy atom. The highest BCUT2D eigenvalue weighted by molar-refractivity contribution is 9.10. The van der Waals surface area contributed by atoms with E-state index in [1.807, 2.05) is 30.3 Å². The van der Waals surface area contributed by atoms with Crippen LogP contribution in [0.15, 0.2) is 53.0 Å². The Labute approximate surface area is 113 Å². The smallest absolute Gasteiger partial charge is 0.335 e. The Bertz CT molecular complexity index is 566. The first-order valence-electron chi connectivity index (χ1n) is 5.42. The molecule has 0 heterocycles. The quantitative estimate of drug-likeness (QED) is 0.915. The summed E-state index contributed by atoms with van der Waals surface area (Å²) >= 11 is 3.36. The van der Waals surface area contributed by atoms with E-state index < -0.39 is 5.97 Å². The average molecular weight is 306 g/mol. The highest BCUT2D eigenvalue weighted by Gasteiger charge is 2.11. The lowest BCUT2D eigenvalue weighted by Crippen LogP contribution is -2.12. The van der Waals surface area contributed by atoms with E-state index >= 15 is 0 Å². The van der Waals surface area contributed by atoms with Crippen molar-refractivity contribution in [3.8, 4) is 0 Å². The summed E-state index contributed by atoms with van der Waals surface area (Å²) in [5, 5.41) is 8.95. The lowest BCUT2D eigenvalue weighted by Gasteiger charge is -2.13. The van der Waals surface area contributed by atoms with Gasteiger partial charge in [-0.25, -0.2) is 4.79 Å². The summed E-state index contributed by atoms with van der Waals surface area (Å²) in [5.74, 6) is -0.945. The first-order valence-corrected chi connectivity index (χ1v) is 6.21. The van der Waals surface area contributed by atoms with E-state index in [1.54, 1.807) is 18.2 Å². The minimum Gasteiger partial charge on any atom is -0.478 e. The van der Waals surface area contributed by atoms with Gasteiger partial charge in [-0.2, -0.15) is 0 Å². The molecule has 1 unspecified atom stereocenters. The molecule has 2 aromatic carbocycles. The number of aromatic carboxylic acids is 1. The second-order valence-electron chi connectivity index (χ2n) is 3.96. The van der Waals surface area contributed by atoms with Crippen molar-refractivity contribution in [3.63, 3.8) is 0 Å². The van der Waals surface area contributed by atoms with Crippen LogP contribution >= 0.6 is 15.9 Å². The summed E-state index contributed by atoms with van der Waals surface area (Å²) in [6.07, 6.45) is 0. The Morgan fingerprint density at radius 2 is 1.78 bits per heavy atom. The largest absolute Gasteiger partial charge is 0.478 e. The van der Waals surface area contributed by atoms with Crippen LogP contribution < -0.4 is 5.73 Å². The zero-order valence-corrected chi connectivity index (χ0v) is 11.1. The molecule has 0 aliphatic heterocycles. The van der Waals surface area contributed by atoms with E-state index in [2.05, 4.69) is 15.9 Å². The number of carboxylic acids is 1. The van der Waals surface area contributed by atoms with Crippen molar-refractivity contribution in [2.75, 3.05) is 0 Å². The van der Waals surface area contributed by atoms with Crippen molar-refractivity contribution in [1.29, 1.82) is 0 Å². The molecule has 0 aliphatic rings. The molecule has 0 saturated carbocycles. The second-order valence-corrected chi connectivity index (χ2v) is 4.88. The summed E-state index contributed by atoms with van der Waals surface area (Å²) in [6, 6.07) is 14.0. The van der Waals surface area contributed by atoms with E-state index in [-0.39, 0.29) is 11.6 Å². The summed E-state index contributed by atoms with van der Waals surface area (Å²) < 4.78 is 0.984. The summed E-state index contributed by atoms with van der Waals surface area (Å²) in [7, 11) is 0. The van der Waals surface area contributed by atoms with Crippen LogP contribution in [0.25, 0.3) is 0 Å². The van der Waals surface area contributed by atoms with Crippen molar-refractivity contribution < 1.29 is 9.90 Å². The number of halogens is 1. The molecule has 0 fully saturated rings. The van der Waals surface area contributed by atoms with Crippen molar-refractivity contribution in [2.24, 2.45) is 5.73 Å². The number of carboxylic acid groups (broad SMARTS) is 1. The monoisotopic (exact) mass is 305 g/mol. The van der Waals surface area contributed by atoms with Crippen LogP contribution in [0.2, 0.25) is 0 Å². The number of hydrogen-bond acceptors (Lipinski definition) is 2. The molecule has 0 aromatic heterocycles. The van der Waals surface area contributed by atoms with Crippen molar-refractivity contribution in [3.05, 3.63) is 69.7 Å². The van der Waals surface area contributed by atoms with Gasteiger partial charge in [0.2, 0.25) is 0 Å². The van der Waals surface area contributed by atoms with E-state index in [0.29, 0.717) is 0 Å².